The first-order chi connectivity index (χ1) is 21.8. The van der Waals surface area contributed by atoms with Crippen LogP contribution in [0.4, 0.5) is 24.8 Å². The smallest absolute Gasteiger partial charge is 0.219 e. The second-order valence-electron chi connectivity index (χ2n) is 11.6. The highest BCUT2D eigenvalue weighted by Crippen LogP contribution is 2.34. The van der Waals surface area contributed by atoms with Crippen molar-refractivity contribution in [2.45, 2.75) is 45.7 Å². The van der Waals surface area contributed by atoms with E-state index in [4.69, 9.17) is 14.7 Å². The Balaban J connectivity index is 1.27. The van der Waals surface area contributed by atoms with Gasteiger partial charge < -0.3 is 19.9 Å². The minimum absolute atomic E-state index is 0.0326. The molecule has 8 nitrogen and oxygen atoms in total. The number of aromatic nitrogens is 3. The first-order valence-corrected chi connectivity index (χ1v) is 15.1. The van der Waals surface area contributed by atoms with Crippen LogP contribution >= 0.6 is 0 Å². The average Bonchev–Trinajstić information content (AvgIpc) is 3.06. The summed E-state index contributed by atoms with van der Waals surface area (Å²) in [5.74, 6) is 0.314. The molecule has 45 heavy (non-hydrogen) atoms. The van der Waals surface area contributed by atoms with Crippen molar-refractivity contribution < 1.29 is 22.7 Å². The summed E-state index contributed by atoms with van der Waals surface area (Å²) in [6, 6.07) is 14.0. The van der Waals surface area contributed by atoms with Crippen molar-refractivity contribution >= 4 is 17.5 Å². The highest BCUT2D eigenvalue weighted by molar-refractivity contribution is 5.74. The van der Waals surface area contributed by atoms with Crippen molar-refractivity contribution in [1.82, 2.24) is 19.9 Å². The highest BCUT2D eigenvalue weighted by Gasteiger charge is 2.29. The molecule has 0 saturated carbocycles. The number of amides is 1. The Labute approximate surface area is 260 Å². The minimum Gasteiger partial charge on any atom is -0.497 e. The van der Waals surface area contributed by atoms with Crippen LogP contribution in [0.25, 0.3) is 11.4 Å². The van der Waals surface area contributed by atoms with Gasteiger partial charge in [0.15, 0.2) is 17.5 Å². The van der Waals surface area contributed by atoms with Crippen LogP contribution in [0, 0.1) is 23.4 Å². The second kappa shape index (κ2) is 13.1. The number of ether oxygens (including phenoxy) is 1. The van der Waals surface area contributed by atoms with Crippen molar-refractivity contribution in [2.75, 3.05) is 37.0 Å². The number of hydrogen-bond donors (Lipinski definition) is 1. The summed E-state index contributed by atoms with van der Waals surface area (Å²) in [7, 11) is 1.60. The van der Waals surface area contributed by atoms with Gasteiger partial charge in [-0.25, -0.2) is 28.1 Å². The summed E-state index contributed by atoms with van der Waals surface area (Å²) in [6.45, 7) is 4.08. The predicted octanol–water partition coefficient (Wildman–Crippen LogP) is 5.94. The van der Waals surface area contributed by atoms with E-state index in [0.29, 0.717) is 74.0 Å². The molecule has 0 radical (unpaired) electrons. The molecule has 1 fully saturated rings. The summed E-state index contributed by atoms with van der Waals surface area (Å²) >= 11 is 0. The number of fused-ring (bicyclic) bond motifs is 1. The van der Waals surface area contributed by atoms with Gasteiger partial charge in [0.25, 0.3) is 0 Å². The Morgan fingerprint density at radius 1 is 0.933 bits per heavy atom. The number of hydrogen-bond acceptors (Lipinski definition) is 7. The summed E-state index contributed by atoms with van der Waals surface area (Å²) in [4.78, 5) is 30.7. The molecular formula is C34H35F3N6O2. The monoisotopic (exact) mass is 616 g/mol. The maximum absolute atomic E-state index is 15.0. The van der Waals surface area contributed by atoms with E-state index in [1.165, 1.54) is 25.1 Å². The number of carbonyl (C=O) groups is 1. The molecule has 6 rings (SSSR count). The number of piperidine rings is 1. The fraction of sp³-hybridized carbons (Fsp3) is 0.353. The van der Waals surface area contributed by atoms with Crippen LogP contribution in [0.15, 0.2) is 54.6 Å². The molecular weight excluding hydrogens is 581 g/mol. The summed E-state index contributed by atoms with van der Waals surface area (Å²) in [6.07, 6.45) is 2.56. The summed E-state index contributed by atoms with van der Waals surface area (Å²) in [5, 5.41) is 3.10. The van der Waals surface area contributed by atoms with Gasteiger partial charge in [-0.05, 0) is 78.8 Å². The first-order valence-electron chi connectivity index (χ1n) is 15.1. The van der Waals surface area contributed by atoms with Gasteiger partial charge in [0, 0.05) is 39.5 Å². The predicted molar refractivity (Wildman–Crippen MR) is 165 cm³/mol. The quantitative estimate of drug-likeness (QED) is 0.262. The normalized spacial score (nSPS) is 15.1. The summed E-state index contributed by atoms with van der Waals surface area (Å²) < 4.78 is 48.3. The lowest BCUT2D eigenvalue weighted by atomic mass is 9.90. The lowest BCUT2D eigenvalue weighted by Crippen LogP contribution is -2.38. The van der Waals surface area contributed by atoms with Crippen molar-refractivity contribution in [3.8, 4) is 17.1 Å². The number of carbonyl (C=O) groups excluding carboxylic acids is 1. The molecule has 2 aromatic heterocycles. The molecule has 1 N–H and O–H groups in total. The molecule has 4 heterocycles. The third kappa shape index (κ3) is 6.87. The van der Waals surface area contributed by atoms with Crippen LogP contribution in [0.1, 0.15) is 42.3 Å². The minimum atomic E-state index is -0.493. The highest BCUT2D eigenvalue weighted by atomic mass is 19.1. The Morgan fingerprint density at radius 2 is 1.69 bits per heavy atom. The number of rotatable bonds is 8. The van der Waals surface area contributed by atoms with Crippen molar-refractivity contribution in [3.63, 3.8) is 0 Å². The molecule has 2 aromatic carbocycles. The fourth-order valence-corrected chi connectivity index (χ4v) is 5.97. The number of nitrogens with one attached hydrogen (secondary N) is 1. The average molecular weight is 617 g/mol. The molecule has 0 aliphatic carbocycles. The Morgan fingerprint density at radius 3 is 2.42 bits per heavy atom. The van der Waals surface area contributed by atoms with E-state index >= 15 is 0 Å². The Kier molecular flexibility index (Phi) is 8.86. The number of anilines is 2. The molecule has 2 aliphatic heterocycles. The fourth-order valence-electron chi connectivity index (χ4n) is 5.97. The largest absolute Gasteiger partial charge is 0.497 e. The van der Waals surface area contributed by atoms with E-state index in [1.807, 2.05) is 24.3 Å². The topological polar surface area (TPSA) is 83.5 Å². The van der Waals surface area contributed by atoms with Gasteiger partial charge in [-0.2, -0.15) is 0 Å². The van der Waals surface area contributed by atoms with Crippen LogP contribution < -0.4 is 15.0 Å². The van der Waals surface area contributed by atoms with E-state index in [1.54, 1.807) is 18.1 Å². The molecule has 4 aromatic rings. The van der Waals surface area contributed by atoms with Gasteiger partial charge in [-0.15, -0.1) is 0 Å². The molecule has 1 saturated heterocycles. The van der Waals surface area contributed by atoms with Crippen LogP contribution in [0.2, 0.25) is 0 Å². The van der Waals surface area contributed by atoms with Gasteiger partial charge in [-0.3, -0.25) is 4.79 Å². The number of benzene rings is 2. The van der Waals surface area contributed by atoms with E-state index in [0.717, 1.165) is 35.9 Å². The molecule has 2 aliphatic rings. The second-order valence-corrected chi connectivity index (χ2v) is 11.6. The van der Waals surface area contributed by atoms with Crippen molar-refractivity contribution in [2.24, 2.45) is 5.92 Å². The molecule has 0 atom stereocenters. The Hall–Kier alpha value is -4.67. The summed E-state index contributed by atoms with van der Waals surface area (Å²) in [5.41, 5.74) is 3.83. The maximum atomic E-state index is 15.0. The SMILES string of the molecule is COc1ccc(CNc2nc(-c3nc4c(nc3N3CCC(Cc5cc(F)ccc5F)CC3)CCN(C(C)=O)C4)ccc2F)cc1. The Bertz CT molecular complexity index is 1690. The van der Waals surface area contributed by atoms with Gasteiger partial charge in [0.1, 0.15) is 23.1 Å². The number of nitrogens with zero attached hydrogens (tertiary/aromatic N) is 5. The molecule has 0 spiro atoms. The maximum Gasteiger partial charge on any atom is 0.219 e. The molecule has 0 unspecified atom stereocenters. The van der Waals surface area contributed by atoms with Gasteiger partial charge in [0.05, 0.1) is 30.7 Å². The number of methoxy groups -OCH3 is 1. The lowest BCUT2D eigenvalue weighted by Gasteiger charge is -2.35. The van der Waals surface area contributed by atoms with Crippen LogP contribution in [0.3, 0.4) is 0 Å². The third-order valence-corrected chi connectivity index (χ3v) is 8.58. The standard InChI is InChI=1S/C34H35F3N6O2/c1-21(44)43-16-13-29-31(20-43)39-32(30-10-9-28(37)33(40-30)38-19-23-3-6-26(45-2)7-4-23)34(41-29)42-14-11-22(12-15-42)17-24-18-25(35)5-8-27(24)36/h3-10,18,22H,11-17,19-20H2,1-2H3,(H,38,40). The van der Waals surface area contributed by atoms with Crippen LogP contribution in [-0.4, -0.2) is 52.5 Å². The third-order valence-electron chi connectivity index (χ3n) is 8.58. The van der Waals surface area contributed by atoms with E-state index < -0.39 is 11.6 Å². The lowest BCUT2D eigenvalue weighted by molar-refractivity contribution is -0.129. The van der Waals surface area contributed by atoms with Crippen LogP contribution in [0.5, 0.6) is 5.75 Å². The van der Waals surface area contributed by atoms with Gasteiger partial charge in [0.2, 0.25) is 5.91 Å². The first kappa shape index (κ1) is 30.4. The molecule has 1 amide bonds. The zero-order valence-electron chi connectivity index (χ0n) is 25.3. The molecule has 234 valence electrons. The molecule has 11 heteroatoms. The van der Waals surface area contributed by atoms with E-state index in [9.17, 15) is 18.0 Å². The molecule has 0 bridgehead atoms. The zero-order chi connectivity index (χ0) is 31.5. The van der Waals surface area contributed by atoms with Crippen molar-refractivity contribution in [3.05, 3.63) is 94.6 Å². The van der Waals surface area contributed by atoms with Crippen molar-refractivity contribution in [1.29, 1.82) is 0 Å². The number of pyridine rings is 1. The number of halogens is 3. The zero-order valence-corrected chi connectivity index (χ0v) is 25.3. The van der Waals surface area contributed by atoms with E-state index in [-0.39, 0.29) is 23.5 Å². The van der Waals surface area contributed by atoms with Gasteiger partial charge in [-0.1, -0.05) is 12.1 Å². The van der Waals surface area contributed by atoms with E-state index in [2.05, 4.69) is 15.2 Å². The van der Waals surface area contributed by atoms with Crippen LogP contribution in [-0.2, 0) is 30.7 Å². The van der Waals surface area contributed by atoms with Gasteiger partial charge >= 0.3 is 0 Å².